The lowest BCUT2D eigenvalue weighted by molar-refractivity contribution is 0.260. The van der Waals surface area contributed by atoms with Gasteiger partial charge in [-0.2, -0.15) is 0 Å². The third-order valence-electron chi connectivity index (χ3n) is 5.54. The maximum Gasteiger partial charge on any atom is 0.189 e. The average Bonchev–Trinajstić information content (AvgIpc) is 3.33. The normalized spacial score (nSPS) is 17.1. The van der Waals surface area contributed by atoms with Crippen molar-refractivity contribution in [2.45, 2.75) is 32.4 Å². The summed E-state index contributed by atoms with van der Waals surface area (Å²) < 4.78 is 1.16. The molecule has 1 N–H and O–H groups in total. The summed E-state index contributed by atoms with van der Waals surface area (Å²) >= 11 is 1.65. The Kier molecular flexibility index (Phi) is 4.96. The zero-order chi connectivity index (χ0) is 19.6. The number of hydrogen-bond acceptors (Lipinski definition) is 6. The van der Waals surface area contributed by atoms with Gasteiger partial charge in [0.2, 0.25) is 0 Å². The number of hydrogen-bond donors (Lipinski definition) is 1. The van der Waals surface area contributed by atoms with E-state index in [0.717, 1.165) is 33.3 Å². The van der Waals surface area contributed by atoms with Crippen molar-refractivity contribution < 1.29 is 0 Å². The molecule has 29 heavy (non-hydrogen) atoms. The molecule has 0 saturated carbocycles. The van der Waals surface area contributed by atoms with E-state index in [2.05, 4.69) is 57.4 Å². The Morgan fingerprint density at radius 2 is 1.97 bits per heavy atom. The first kappa shape index (κ1) is 18.2. The zero-order valence-electron chi connectivity index (χ0n) is 16.4. The number of anilines is 2. The van der Waals surface area contributed by atoms with E-state index < -0.39 is 0 Å². The molecule has 1 saturated heterocycles. The first-order valence-corrected chi connectivity index (χ1v) is 10.8. The largest absolute Gasteiger partial charge is 0.316 e. The monoisotopic (exact) mass is 401 g/mol. The predicted octanol–water partition coefficient (Wildman–Crippen LogP) is 5.48. The van der Waals surface area contributed by atoms with Crippen LogP contribution in [0.3, 0.4) is 0 Å². The van der Waals surface area contributed by atoms with Crippen LogP contribution in [0, 0.1) is 0 Å². The maximum absolute atomic E-state index is 4.73. The van der Waals surface area contributed by atoms with Crippen molar-refractivity contribution >= 4 is 32.5 Å². The lowest BCUT2D eigenvalue weighted by atomic mass is 10.1. The van der Waals surface area contributed by atoms with Crippen molar-refractivity contribution in [3.05, 3.63) is 66.6 Å². The predicted molar refractivity (Wildman–Crippen MR) is 119 cm³/mol. The zero-order valence-corrected chi connectivity index (χ0v) is 17.2. The number of nitrogens with zero attached hydrogens (tertiary/aromatic N) is 4. The van der Waals surface area contributed by atoms with Gasteiger partial charge in [0.05, 0.1) is 10.2 Å². The Morgan fingerprint density at radius 3 is 2.79 bits per heavy atom. The smallest absolute Gasteiger partial charge is 0.189 e. The van der Waals surface area contributed by atoms with Crippen LogP contribution in [0.25, 0.3) is 21.3 Å². The van der Waals surface area contributed by atoms with Crippen molar-refractivity contribution in [3.63, 3.8) is 0 Å². The van der Waals surface area contributed by atoms with Crippen molar-refractivity contribution in [3.8, 4) is 11.1 Å². The van der Waals surface area contributed by atoms with Gasteiger partial charge in [0.15, 0.2) is 5.13 Å². The molecule has 6 heteroatoms. The lowest BCUT2D eigenvalue weighted by Gasteiger charge is -2.21. The Labute approximate surface area is 174 Å². The van der Waals surface area contributed by atoms with Crippen molar-refractivity contribution in [1.82, 2.24) is 19.9 Å². The number of nitrogens with one attached hydrogen (secondary N) is 1. The number of likely N-dealkylation sites (tertiary alicyclic amines) is 1. The molecule has 0 radical (unpaired) electrons. The first-order chi connectivity index (χ1) is 14.2. The van der Waals surface area contributed by atoms with Crippen LogP contribution in [0.15, 0.2) is 61.1 Å². The number of thiazole rings is 1. The van der Waals surface area contributed by atoms with Gasteiger partial charge in [-0.1, -0.05) is 17.4 Å². The quantitative estimate of drug-likeness (QED) is 0.480. The van der Waals surface area contributed by atoms with Gasteiger partial charge in [-0.25, -0.2) is 9.97 Å². The average molecular weight is 402 g/mol. The molecular formula is C23H23N5S. The highest BCUT2D eigenvalue weighted by Crippen LogP contribution is 2.31. The summed E-state index contributed by atoms with van der Waals surface area (Å²) in [6.07, 6.45) is 8.11. The fourth-order valence-corrected chi connectivity index (χ4v) is 4.83. The van der Waals surface area contributed by atoms with Crippen LogP contribution in [0.2, 0.25) is 0 Å². The van der Waals surface area contributed by atoms with E-state index in [9.17, 15) is 0 Å². The fourth-order valence-electron chi connectivity index (χ4n) is 3.91. The molecule has 1 aliphatic rings. The molecule has 1 fully saturated rings. The van der Waals surface area contributed by atoms with Crippen LogP contribution < -0.4 is 5.32 Å². The van der Waals surface area contributed by atoms with E-state index in [1.54, 1.807) is 11.3 Å². The van der Waals surface area contributed by atoms with E-state index in [4.69, 9.17) is 4.98 Å². The van der Waals surface area contributed by atoms with Crippen LogP contribution in [-0.2, 0) is 6.54 Å². The molecule has 0 spiro atoms. The summed E-state index contributed by atoms with van der Waals surface area (Å²) in [7, 11) is 0. The van der Waals surface area contributed by atoms with Gasteiger partial charge in [-0.15, -0.1) is 0 Å². The molecule has 1 aromatic carbocycles. The van der Waals surface area contributed by atoms with E-state index >= 15 is 0 Å². The minimum Gasteiger partial charge on any atom is -0.316 e. The summed E-state index contributed by atoms with van der Waals surface area (Å²) in [6, 6.07) is 15.3. The van der Waals surface area contributed by atoms with E-state index in [-0.39, 0.29) is 0 Å². The highest BCUT2D eigenvalue weighted by Gasteiger charge is 2.20. The molecule has 4 aromatic rings. The minimum absolute atomic E-state index is 0.665. The molecule has 3 aromatic heterocycles. The summed E-state index contributed by atoms with van der Waals surface area (Å²) in [5.74, 6) is 0.850. The summed E-state index contributed by atoms with van der Waals surface area (Å²) in [5.41, 5.74) is 4.62. The third-order valence-corrected chi connectivity index (χ3v) is 6.47. The number of fused-ring (bicyclic) bond motifs is 1. The Morgan fingerprint density at radius 1 is 1.07 bits per heavy atom. The van der Waals surface area contributed by atoms with Crippen LogP contribution in [0.4, 0.5) is 10.9 Å². The molecule has 1 aliphatic heterocycles. The third kappa shape index (κ3) is 3.99. The topological polar surface area (TPSA) is 53.9 Å². The molecule has 1 atom stereocenters. The summed E-state index contributed by atoms with van der Waals surface area (Å²) in [6.45, 7) is 4.48. The van der Waals surface area contributed by atoms with E-state index in [1.807, 2.05) is 30.7 Å². The molecular weight excluding hydrogens is 378 g/mol. The Balaban J connectivity index is 1.35. The van der Waals surface area contributed by atoms with Crippen molar-refractivity contribution in [2.24, 2.45) is 0 Å². The van der Waals surface area contributed by atoms with Gasteiger partial charge < -0.3 is 5.32 Å². The molecule has 5 nitrogen and oxygen atoms in total. The number of rotatable bonds is 5. The van der Waals surface area contributed by atoms with Crippen LogP contribution in [0.1, 0.15) is 25.3 Å². The summed E-state index contributed by atoms with van der Waals surface area (Å²) in [4.78, 5) is 15.9. The Hall–Kier alpha value is -2.83. The lowest BCUT2D eigenvalue weighted by Crippen LogP contribution is -2.26. The second-order valence-electron chi connectivity index (χ2n) is 7.57. The van der Waals surface area contributed by atoms with Gasteiger partial charge >= 0.3 is 0 Å². The summed E-state index contributed by atoms with van der Waals surface area (Å²) in [5, 5.41) is 4.26. The molecule has 0 bridgehead atoms. The van der Waals surface area contributed by atoms with Crippen LogP contribution in [-0.4, -0.2) is 32.4 Å². The highest BCUT2D eigenvalue weighted by molar-refractivity contribution is 7.22. The maximum atomic E-state index is 4.73. The molecule has 4 heterocycles. The van der Waals surface area contributed by atoms with E-state index in [1.165, 1.54) is 30.5 Å². The second-order valence-corrected chi connectivity index (χ2v) is 8.60. The molecule has 146 valence electrons. The number of pyridine rings is 2. The SMILES string of the molecule is C[C@@H]1CCCN1Cc1ccnc(Nc2nc3ccc(-c4ccncc4)cc3s2)c1. The van der Waals surface area contributed by atoms with Gasteiger partial charge in [0.1, 0.15) is 5.82 Å². The molecule has 0 amide bonds. The number of aromatic nitrogens is 3. The molecule has 5 rings (SSSR count). The van der Waals surface area contributed by atoms with Gasteiger partial charge in [0.25, 0.3) is 0 Å². The van der Waals surface area contributed by atoms with Gasteiger partial charge in [-0.3, -0.25) is 9.88 Å². The van der Waals surface area contributed by atoms with Gasteiger partial charge in [0, 0.05) is 31.2 Å². The number of benzene rings is 1. The molecule has 0 aliphatic carbocycles. The van der Waals surface area contributed by atoms with Crippen molar-refractivity contribution in [2.75, 3.05) is 11.9 Å². The standard InChI is InChI=1S/C23H23N5S/c1-16-3-2-12-28(16)15-17-6-11-25-22(13-17)27-23-26-20-5-4-19(14-21(20)29-23)18-7-9-24-10-8-18/h4-11,13-14,16H,2-3,12,15H2,1H3,(H,25,26,27)/t16-/m1/s1. The van der Waals surface area contributed by atoms with Gasteiger partial charge in [-0.05, 0) is 79.4 Å². The Bertz CT molecular complexity index is 1120. The minimum atomic E-state index is 0.665. The molecule has 0 unspecified atom stereocenters. The first-order valence-electron chi connectivity index (χ1n) is 10.0. The highest BCUT2D eigenvalue weighted by atomic mass is 32.1. The van der Waals surface area contributed by atoms with Crippen molar-refractivity contribution in [1.29, 1.82) is 0 Å². The van der Waals surface area contributed by atoms with Crippen LogP contribution in [0.5, 0.6) is 0 Å². The second kappa shape index (κ2) is 7.89. The van der Waals surface area contributed by atoms with E-state index in [0.29, 0.717) is 6.04 Å². The van der Waals surface area contributed by atoms with Crippen LogP contribution >= 0.6 is 11.3 Å². The fraction of sp³-hybridized carbons (Fsp3) is 0.261.